The van der Waals surface area contributed by atoms with Crippen LogP contribution in [0.2, 0.25) is 0 Å². The highest BCUT2D eigenvalue weighted by molar-refractivity contribution is 7.45. The van der Waals surface area contributed by atoms with Crippen LogP contribution in [0, 0.1) is 0 Å². The fourth-order valence-corrected chi connectivity index (χ4v) is 10.8. The first-order valence-electron chi connectivity index (χ1n) is 36.9. The Morgan fingerprint density at radius 1 is 0.356 bits per heavy atom. The van der Waals surface area contributed by atoms with Crippen LogP contribution in [0.5, 0.6) is 0 Å². The quantitative estimate of drug-likeness (QED) is 0.0195. The van der Waals surface area contributed by atoms with Crippen LogP contribution in [0.3, 0.4) is 0 Å². The zero-order valence-electron chi connectivity index (χ0n) is 58.8. The number of allylic oxidation sites excluding steroid dienone is 22. The molecule has 0 aromatic rings. The summed E-state index contributed by atoms with van der Waals surface area (Å²) >= 11 is 0. The van der Waals surface area contributed by atoms with Gasteiger partial charge in [-0.3, -0.25) is 14.2 Å². The van der Waals surface area contributed by atoms with Gasteiger partial charge in [0.05, 0.1) is 27.7 Å². The van der Waals surface area contributed by atoms with Gasteiger partial charge in [0.15, 0.2) is 6.10 Å². The molecule has 0 saturated carbocycles. The van der Waals surface area contributed by atoms with Gasteiger partial charge in [0.2, 0.25) is 0 Å². The van der Waals surface area contributed by atoms with E-state index in [0.717, 1.165) is 103 Å². The minimum absolute atomic E-state index is 0.0360. The molecule has 2 atom stereocenters. The summed E-state index contributed by atoms with van der Waals surface area (Å²) in [5.41, 5.74) is 0. The lowest BCUT2D eigenvalue weighted by atomic mass is 10.0. The maximum absolute atomic E-state index is 12.9. The van der Waals surface area contributed by atoms with Crippen molar-refractivity contribution in [2.24, 2.45) is 0 Å². The number of phosphoric acid groups is 1. The molecule has 0 spiro atoms. The van der Waals surface area contributed by atoms with E-state index in [1.54, 1.807) is 0 Å². The lowest BCUT2D eigenvalue weighted by Gasteiger charge is -2.28. The molecular weight excluding hydrogens is 1130 g/mol. The van der Waals surface area contributed by atoms with Gasteiger partial charge in [-0.25, -0.2) is 0 Å². The summed E-state index contributed by atoms with van der Waals surface area (Å²) in [5.74, 6) is -0.834. The number of nitrogens with zero attached hydrogens (tertiary/aromatic N) is 1. The molecule has 9 nitrogen and oxygen atoms in total. The van der Waals surface area contributed by atoms with Gasteiger partial charge >= 0.3 is 11.9 Å². The van der Waals surface area contributed by atoms with Crippen LogP contribution in [-0.2, 0) is 32.7 Å². The Labute approximate surface area is 555 Å². The number of esters is 2. The van der Waals surface area contributed by atoms with Gasteiger partial charge < -0.3 is 27.9 Å². The van der Waals surface area contributed by atoms with Crippen molar-refractivity contribution in [2.45, 2.75) is 315 Å². The Bertz CT molecular complexity index is 1980. The summed E-state index contributed by atoms with van der Waals surface area (Å²) in [5, 5.41) is 0. The lowest BCUT2D eigenvalue weighted by Crippen LogP contribution is -2.37. The van der Waals surface area contributed by atoms with Gasteiger partial charge in [-0.2, -0.15) is 0 Å². The molecule has 0 aromatic carbocycles. The Hall–Kier alpha value is -3.85. The molecule has 0 amide bonds. The smallest absolute Gasteiger partial charge is 0.306 e. The lowest BCUT2D eigenvalue weighted by molar-refractivity contribution is -0.870. The molecule has 0 fully saturated rings. The number of unbranched alkanes of at least 4 members (excludes halogenated alkanes) is 31. The van der Waals surface area contributed by atoms with E-state index in [4.69, 9.17) is 18.5 Å². The Morgan fingerprint density at radius 2 is 0.633 bits per heavy atom. The second-order valence-corrected chi connectivity index (χ2v) is 27.0. The Kier molecular flexibility index (Phi) is 66.5. The molecule has 0 bridgehead atoms. The van der Waals surface area contributed by atoms with Crippen LogP contribution in [0.15, 0.2) is 134 Å². The maximum Gasteiger partial charge on any atom is 0.306 e. The third-order valence-electron chi connectivity index (χ3n) is 15.7. The summed E-state index contributed by atoms with van der Waals surface area (Å²) in [6.45, 7) is 4.13. The minimum Gasteiger partial charge on any atom is -0.756 e. The molecule has 0 saturated heterocycles. The molecule has 0 aliphatic heterocycles. The van der Waals surface area contributed by atoms with Crippen molar-refractivity contribution in [2.75, 3.05) is 47.5 Å². The van der Waals surface area contributed by atoms with Gasteiger partial charge in [-0.15, -0.1) is 0 Å². The fraction of sp³-hybridized carbons (Fsp3) is 0.700. The molecule has 10 heteroatoms. The normalized spacial score (nSPS) is 13.9. The van der Waals surface area contributed by atoms with Crippen molar-refractivity contribution in [3.63, 3.8) is 0 Å². The zero-order chi connectivity index (χ0) is 65.5. The number of carbonyl (C=O) groups is 2. The Balaban J connectivity index is 4.06. The molecule has 0 rings (SSSR count). The molecule has 0 aliphatic carbocycles. The molecule has 90 heavy (non-hydrogen) atoms. The van der Waals surface area contributed by atoms with E-state index in [1.807, 2.05) is 21.1 Å². The molecule has 0 heterocycles. The first kappa shape index (κ1) is 86.2. The number of hydrogen-bond donors (Lipinski definition) is 0. The van der Waals surface area contributed by atoms with Crippen LogP contribution in [-0.4, -0.2) is 70.0 Å². The molecule has 0 aromatic heterocycles. The van der Waals surface area contributed by atoms with Gasteiger partial charge in [-0.1, -0.05) is 314 Å². The van der Waals surface area contributed by atoms with E-state index >= 15 is 0 Å². The topological polar surface area (TPSA) is 111 Å². The SMILES string of the molecule is CC/C=C\C/C=C\C/C=C\C/C=C\C/C=C\C/C=C\C/C=C\C/C=C\CCCCCCCCCCCCCCC(=O)OC(COC(=O)CCCCCCCCCCCCCCCC/C=C\C/C=C\C/C=C\CCCCCCC)COP(=O)([O-])OCC[N+](C)(C)C. The zero-order valence-corrected chi connectivity index (χ0v) is 59.7. The third-order valence-corrected chi connectivity index (χ3v) is 16.6. The molecule has 0 N–H and O–H groups in total. The van der Waals surface area contributed by atoms with E-state index < -0.39 is 26.5 Å². The molecule has 0 radical (unpaired) electrons. The second-order valence-electron chi connectivity index (χ2n) is 25.6. The summed E-state index contributed by atoms with van der Waals surface area (Å²) < 4.78 is 34.4. The fourth-order valence-electron chi connectivity index (χ4n) is 10.0. The standard InChI is InChI=1S/C80H138NO8P/c1-6-8-10-12-14-16-18-20-22-24-26-28-30-32-34-36-37-38-39-40-41-42-43-45-47-49-51-53-55-57-59-61-63-65-67-69-71-73-80(83)89-78(77-88-90(84,85)87-75-74-81(3,4)5)76-86-79(82)72-70-68-66-64-62-60-58-56-54-52-50-48-46-44-35-33-31-29-27-25-23-21-19-17-15-13-11-9-7-2/h8,10,14,16,19-22,25-28,31-34,37-38,40-41,43,45,78H,6-7,9,11-13,15,17-18,23-24,29-30,35-36,39,42,44,46-77H2,1-5H3/b10-8-,16-14-,21-19-,22-20-,27-25-,28-26-,33-31-,34-32-,38-37-,41-40-,45-43-. The van der Waals surface area contributed by atoms with Crippen molar-refractivity contribution in [3.8, 4) is 0 Å². The Morgan fingerprint density at radius 3 is 0.944 bits per heavy atom. The molecule has 2 unspecified atom stereocenters. The average molecular weight is 1270 g/mol. The van der Waals surface area contributed by atoms with Gasteiger partial charge in [0.25, 0.3) is 7.82 Å². The number of phosphoric ester groups is 1. The van der Waals surface area contributed by atoms with Crippen molar-refractivity contribution in [1.29, 1.82) is 0 Å². The first-order chi connectivity index (χ1) is 44.0. The molecule has 0 aliphatic rings. The van der Waals surface area contributed by atoms with Gasteiger partial charge in [0.1, 0.15) is 19.8 Å². The number of rotatable bonds is 67. The third kappa shape index (κ3) is 73.2. The highest BCUT2D eigenvalue weighted by Gasteiger charge is 2.22. The number of hydrogen-bond acceptors (Lipinski definition) is 8. The number of ether oxygens (including phenoxy) is 2. The predicted octanol–water partition coefficient (Wildman–Crippen LogP) is 23.8. The van der Waals surface area contributed by atoms with Gasteiger partial charge in [0, 0.05) is 12.8 Å². The summed E-state index contributed by atoms with van der Waals surface area (Å²) in [6.07, 6.45) is 101. The monoisotopic (exact) mass is 1270 g/mol. The average Bonchev–Trinajstić information content (AvgIpc) is 3.58. The minimum atomic E-state index is -4.65. The highest BCUT2D eigenvalue weighted by Crippen LogP contribution is 2.38. The number of likely N-dealkylation sites (N-methyl/N-ethyl adjacent to an activating group) is 1. The van der Waals surface area contributed by atoms with Crippen molar-refractivity contribution in [1.82, 2.24) is 0 Å². The maximum atomic E-state index is 12.9. The summed E-state index contributed by atoms with van der Waals surface area (Å²) in [6, 6.07) is 0. The van der Waals surface area contributed by atoms with Crippen LogP contribution in [0.25, 0.3) is 0 Å². The van der Waals surface area contributed by atoms with Crippen molar-refractivity contribution in [3.05, 3.63) is 134 Å². The van der Waals surface area contributed by atoms with Crippen LogP contribution in [0.4, 0.5) is 0 Å². The predicted molar refractivity (Wildman–Crippen MR) is 388 cm³/mol. The van der Waals surface area contributed by atoms with E-state index in [2.05, 4.69) is 148 Å². The molecular formula is C80H138NO8P. The van der Waals surface area contributed by atoms with Crippen molar-refractivity contribution < 1.29 is 42.1 Å². The highest BCUT2D eigenvalue weighted by atomic mass is 31.2. The first-order valence-corrected chi connectivity index (χ1v) is 38.4. The van der Waals surface area contributed by atoms with E-state index in [1.165, 1.54) is 173 Å². The van der Waals surface area contributed by atoms with Crippen LogP contribution < -0.4 is 4.89 Å². The summed E-state index contributed by atoms with van der Waals surface area (Å²) in [4.78, 5) is 38.1. The second kappa shape index (κ2) is 69.5. The van der Waals surface area contributed by atoms with E-state index in [-0.39, 0.29) is 32.0 Å². The van der Waals surface area contributed by atoms with Crippen LogP contribution in [0.1, 0.15) is 309 Å². The van der Waals surface area contributed by atoms with Gasteiger partial charge in [-0.05, 0) is 116 Å². The van der Waals surface area contributed by atoms with Crippen LogP contribution >= 0.6 is 7.82 Å². The van der Waals surface area contributed by atoms with E-state index in [0.29, 0.717) is 17.4 Å². The van der Waals surface area contributed by atoms with Crippen molar-refractivity contribution >= 4 is 19.8 Å². The molecule has 516 valence electrons. The summed E-state index contributed by atoms with van der Waals surface area (Å²) in [7, 11) is 1.16. The largest absolute Gasteiger partial charge is 0.756 e. The number of quaternary nitrogens is 1. The number of carbonyl (C=O) groups excluding carboxylic acids is 2. The van der Waals surface area contributed by atoms with E-state index in [9.17, 15) is 19.0 Å².